The van der Waals surface area contributed by atoms with Crippen LogP contribution in [0.3, 0.4) is 0 Å². The zero-order valence-corrected chi connectivity index (χ0v) is 12.3. The third-order valence-electron chi connectivity index (χ3n) is 3.91. The molecule has 1 aliphatic heterocycles. The van der Waals surface area contributed by atoms with Crippen LogP contribution in [0.5, 0.6) is 0 Å². The summed E-state index contributed by atoms with van der Waals surface area (Å²) in [6.45, 7) is 6.12. The third-order valence-corrected chi connectivity index (χ3v) is 3.91. The van der Waals surface area contributed by atoms with Gasteiger partial charge < -0.3 is 15.5 Å². The van der Waals surface area contributed by atoms with Crippen LogP contribution >= 0.6 is 0 Å². The normalized spacial score (nSPS) is 17.1. The van der Waals surface area contributed by atoms with E-state index >= 15 is 0 Å². The summed E-state index contributed by atoms with van der Waals surface area (Å²) >= 11 is 0. The smallest absolute Gasteiger partial charge is 0.180 e. The lowest BCUT2D eigenvalue weighted by Crippen LogP contribution is -2.32. The highest BCUT2D eigenvalue weighted by molar-refractivity contribution is 5.71. The van der Waals surface area contributed by atoms with Crippen molar-refractivity contribution in [2.75, 3.05) is 44.2 Å². The first-order valence-electron chi connectivity index (χ1n) is 7.62. The maximum atomic E-state index is 5.60. The molecule has 1 fully saturated rings. The second-order valence-electron chi connectivity index (χ2n) is 5.39. The Bertz CT molecular complexity index is 587. The van der Waals surface area contributed by atoms with E-state index in [2.05, 4.69) is 24.8 Å². The van der Waals surface area contributed by atoms with Crippen molar-refractivity contribution < 1.29 is 0 Å². The molecule has 0 amide bonds. The lowest BCUT2D eigenvalue weighted by molar-refractivity contribution is 0.291. The predicted molar refractivity (Wildman–Crippen MR) is 84.3 cm³/mol. The number of hydrogen-bond acceptors (Lipinski definition) is 6. The summed E-state index contributed by atoms with van der Waals surface area (Å²) in [5.41, 5.74) is 7.17. The maximum Gasteiger partial charge on any atom is 0.180 e. The Morgan fingerprint density at radius 3 is 2.86 bits per heavy atom. The Kier molecular flexibility index (Phi) is 4.57. The fourth-order valence-electron chi connectivity index (χ4n) is 2.76. The lowest BCUT2D eigenvalue weighted by atomic mass is 10.3. The molecule has 0 aliphatic carbocycles. The molecule has 112 valence electrons. The Morgan fingerprint density at radius 2 is 1.95 bits per heavy atom. The Morgan fingerprint density at radius 1 is 1.05 bits per heavy atom. The molecule has 0 aromatic carbocycles. The topological polar surface area (TPSA) is 71.2 Å². The van der Waals surface area contributed by atoms with Crippen LogP contribution < -0.4 is 10.6 Å². The van der Waals surface area contributed by atoms with Gasteiger partial charge in [-0.3, -0.25) is 4.98 Å². The van der Waals surface area contributed by atoms with Crippen molar-refractivity contribution in [2.24, 2.45) is 5.73 Å². The number of rotatable bonds is 4. The van der Waals surface area contributed by atoms with E-state index in [-0.39, 0.29) is 0 Å². The van der Waals surface area contributed by atoms with Gasteiger partial charge in [-0.2, -0.15) is 0 Å². The predicted octanol–water partition coefficient (Wildman–Crippen LogP) is 0.886. The number of pyridine rings is 1. The quantitative estimate of drug-likeness (QED) is 0.900. The van der Waals surface area contributed by atoms with Crippen molar-refractivity contribution >= 4 is 17.0 Å². The number of hydrogen-bond donors (Lipinski definition) is 1. The average Bonchev–Trinajstić information content (AvgIpc) is 2.78. The van der Waals surface area contributed by atoms with Crippen molar-refractivity contribution in [3.05, 3.63) is 24.5 Å². The molecule has 0 radical (unpaired) electrons. The Balaban J connectivity index is 1.70. The minimum Gasteiger partial charge on any atom is -0.355 e. The van der Waals surface area contributed by atoms with Crippen molar-refractivity contribution in [2.45, 2.75) is 12.8 Å². The van der Waals surface area contributed by atoms with Gasteiger partial charge in [0.2, 0.25) is 0 Å². The molecule has 2 aromatic rings. The van der Waals surface area contributed by atoms with Gasteiger partial charge in [0.15, 0.2) is 5.65 Å². The summed E-state index contributed by atoms with van der Waals surface area (Å²) in [5, 5.41) is 0. The molecule has 0 saturated carbocycles. The van der Waals surface area contributed by atoms with E-state index in [1.807, 2.05) is 12.1 Å². The molecule has 21 heavy (non-hydrogen) atoms. The zero-order valence-electron chi connectivity index (χ0n) is 12.3. The van der Waals surface area contributed by atoms with E-state index in [0.29, 0.717) is 0 Å². The van der Waals surface area contributed by atoms with Gasteiger partial charge in [-0.15, -0.1) is 0 Å². The van der Waals surface area contributed by atoms with E-state index in [9.17, 15) is 0 Å². The summed E-state index contributed by atoms with van der Waals surface area (Å²) in [6.07, 6.45) is 5.62. The molecule has 0 atom stereocenters. The highest BCUT2D eigenvalue weighted by Gasteiger charge is 2.16. The molecular weight excluding hydrogens is 264 g/mol. The summed E-state index contributed by atoms with van der Waals surface area (Å²) in [5.74, 6) is 1.00. The van der Waals surface area contributed by atoms with E-state index in [1.54, 1.807) is 12.4 Å². The molecule has 0 spiro atoms. The molecule has 6 heteroatoms. The van der Waals surface area contributed by atoms with Gasteiger partial charge in [0.05, 0.1) is 0 Å². The number of nitrogens with zero attached hydrogens (tertiary/aromatic N) is 5. The SMILES string of the molecule is NCCCN1CCCN(c2ccc3nccnc3n2)CC1. The summed E-state index contributed by atoms with van der Waals surface area (Å²) < 4.78 is 0. The minimum absolute atomic E-state index is 0.722. The Hall–Kier alpha value is -1.79. The first-order valence-corrected chi connectivity index (χ1v) is 7.62. The van der Waals surface area contributed by atoms with Crippen LogP contribution in [0.15, 0.2) is 24.5 Å². The van der Waals surface area contributed by atoms with Gasteiger partial charge in [0.25, 0.3) is 0 Å². The van der Waals surface area contributed by atoms with Crippen LogP contribution in [0.2, 0.25) is 0 Å². The number of fused-ring (bicyclic) bond motifs is 1. The van der Waals surface area contributed by atoms with E-state index in [1.165, 1.54) is 0 Å². The summed E-state index contributed by atoms with van der Waals surface area (Å²) in [6, 6.07) is 4.05. The largest absolute Gasteiger partial charge is 0.355 e. The molecule has 2 N–H and O–H groups in total. The van der Waals surface area contributed by atoms with Gasteiger partial charge in [-0.1, -0.05) is 0 Å². The number of anilines is 1. The van der Waals surface area contributed by atoms with Gasteiger partial charge in [0, 0.05) is 32.0 Å². The minimum atomic E-state index is 0.722. The van der Waals surface area contributed by atoms with Gasteiger partial charge >= 0.3 is 0 Å². The average molecular weight is 286 g/mol. The third kappa shape index (κ3) is 3.46. The number of aromatic nitrogens is 3. The van der Waals surface area contributed by atoms with Gasteiger partial charge in [0.1, 0.15) is 11.3 Å². The van der Waals surface area contributed by atoms with Crippen LogP contribution in [0.25, 0.3) is 11.2 Å². The second kappa shape index (κ2) is 6.78. The van der Waals surface area contributed by atoms with Crippen LogP contribution in [-0.4, -0.2) is 59.1 Å². The van der Waals surface area contributed by atoms with Crippen LogP contribution in [0.4, 0.5) is 5.82 Å². The highest BCUT2D eigenvalue weighted by Crippen LogP contribution is 2.17. The van der Waals surface area contributed by atoms with Crippen LogP contribution in [-0.2, 0) is 0 Å². The van der Waals surface area contributed by atoms with Crippen LogP contribution in [0.1, 0.15) is 12.8 Å². The van der Waals surface area contributed by atoms with Crippen molar-refractivity contribution in [3.63, 3.8) is 0 Å². The lowest BCUT2D eigenvalue weighted by Gasteiger charge is -2.22. The molecule has 1 saturated heterocycles. The molecule has 2 aromatic heterocycles. The second-order valence-corrected chi connectivity index (χ2v) is 5.39. The highest BCUT2D eigenvalue weighted by atomic mass is 15.2. The Labute approximate surface area is 125 Å². The fraction of sp³-hybridized carbons (Fsp3) is 0.533. The zero-order chi connectivity index (χ0) is 14.5. The molecule has 3 heterocycles. The molecule has 0 bridgehead atoms. The standard InChI is InChI=1S/C15H22N6/c16-5-1-8-20-9-2-10-21(12-11-20)14-4-3-13-15(19-14)18-7-6-17-13/h3-4,6-7H,1-2,5,8-12,16H2. The molecule has 6 nitrogen and oxygen atoms in total. The summed E-state index contributed by atoms with van der Waals surface area (Å²) in [4.78, 5) is 18.0. The summed E-state index contributed by atoms with van der Waals surface area (Å²) in [7, 11) is 0. The molecule has 1 aliphatic rings. The first-order chi connectivity index (χ1) is 10.4. The van der Waals surface area contributed by atoms with Gasteiger partial charge in [-0.25, -0.2) is 9.97 Å². The van der Waals surface area contributed by atoms with Crippen molar-refractivity contribution in [1.29, 1.82) is 0 Å². The first kappa shape index (κ1) is 14.2. The van der Waals surface area contributed by atoms with Gasteiger partial charge in [-0.05, 0) is 44.6 Å². The monoisotopic (exact) mass is 286 g/mol. The molecule has 0 unspecified atom stereocenters. The number of nitrogens with two attached hydrogens (primary N) is 1. The van der Waals surface area contributed by atoms with Crippen LogP contribution in [0, 0.1) is 0 Å². The fourth-order valence-corrected chi connectivity index (χ4v) is 2.76. The van der Waals surface area contributed by atoms with Crippen molar-refractivity contribution in [1.82, 2.24) is 19.9 Å². The van der Waals surface area contributed by atoms with E-state index in [4.69, 9.17) is 5.73 Å². The molecule has 3 rings (SSSR count). The van der Waals surface area contributed by atoms with E-state index < -0.39 is 0 Å². The molecular formula is C15H22N6. The van der Waals surface area contributed by atoms with Crippen molar-refractivity contribution in [3.8, 4) is 0 Å². The maximum absolute atomic E-state index is 5.60. The van der Waals surface area contributed by atoms with E-state index in [0.717, 1.165) is 69.1 Å².